The average molecular weight is 299 g/mol. The molecular weight excluding hydrogens is 287 g/mol. The van der Waals surface area contributed by atoms with Crippen LogP contribution in [0.5, 0.6) is 0 Å². The van der Waals surface area contributed by atoms with Crippen molar-refractivity contribution in [2.24, 2.45) is 0 Å². The number of piperidine rings is 1. The molecule has 0 aromatic heterocycles. The Morgan fingerprint density at radius 1 is 1.45 bits per heavy atom. The molecule has 0 saturated carbocycles. The molecule has 62 valence electrons. The zero-order valence-corrected chi connectivity index (χ0v) is 10.7. The van der Waals surface area contributed by atoms with Crippen molar-refractivity contribution in [2.75, 3.05) is 6.54 Å². The van der Waals surface area contributed by atoms with Crippen molar-refractivity contribution in [3.05, 3.63) is 0 Å². The highest BCUT2D eigenvalue weighted by Gasteiger charge is 2.34. The quantitative estimate of drug-likeness (QED) is 0.267. The molecule has 4 atom stereocenters. The van der Waals surface area contributed by atoms with Crippen molar-refractivity contribution in [2.45, 2.75) is 20.4 Å². The molecule has 1 rings (SSSR count). The third-order valence-corrected chi connectivity index (χ3v) is 6.05. The minimum absolute atomic E-state index is 0.397. The van der Waals surface area contributed by atoms with E-state index < -0.39 is 0 Å². The Balaban J connectivity index is 2.63. The topological polar surface area (TPSA) is 3.24 Å². The number of rotatable bonds is 0. The summed E-state index contributed by atoms with van der Waals surface area (Å²) in [6.45, 7) is 1.05. The SMILES string of the molecule is BC1C(S)CN(B)C(S)C1I. The first-order valence-corrected chi connectivity index (χ1v) is 6.02. The van der Waals surface area contributed by atoms with Gasteiger partial charge in [0.15, 0.2) is 7.98 Å². The molecule has 0 radical (unpaired) electrons. The summed E-state index contributed by atoms with van der Waals surface area (Å²) in [5.74, 6) is 0.664. The van der Waals surface area contributed by atoms with Crippen molar-refractivity contribution in [3.8, 4) is 0 Å². The summed E-state index contributed by atoms with van der Waals surface area (Å²) in [7, 11) is 4.36. The summed E-state index contributed by atoms with van der Waals surface area (Å²) in [5.41, 5.74) is 0. The average Bonchev–Trinajstić information content (AvgIpc) is 1.97. The number of alkyl halides is 1. The largest absolute Gasteiger partial charge is 0.337 e. The molecule has 1 nitrogen and oxygen atoms in total. The van der Waals surface area contributed by atoms with Crippen molar-refractivity contribution < 1.29 is 0 Å². The van der Waals surface area contributed by atoms with Crippen LogP contribution in [0.25, 0.3) is 0 Å². The van der Waals surface area contributed by atoms with Gasteiger partial charge < -0.3 is 4.81 Å². The third kappa shape index (κ3) is 2.25. The highest BCUT2D eigenvalue weighted by Crippen LogP contribution is 2.34. The zero-order valence-electron chi connectivity index (χ0n) is 6.74. The Morgan fingerprint density at radius 3 is 2.55 bits per heavy atom. The van der Waals surface area contributed by atoms with Gasteiger partial charge in [0, 0.05) is 9.17 Å². The van der Waals surface area contributed by atoms with Crippen LogP contribution < -0.4 is 0 Å². The Labute approximate surface area is 94.9 Å². The van der Waals surface area contributed by atoms with Gasteiger partial charge in [-0.25, -0.2) is 0 Å². The molecule has 1 aliphatic rings. The standard InChI is InChI=1S/C5H12B2INS2/c6-3-2(10)1-9(7)5(11)4(3)8/h2-5,10-11H,1,6-7H2. The Hall–Kier alpha value is 1.52. The van der Waals surface area contributed by atoms with Crippen LogP contribution in [0.2, 0.25) is 5.82 Å². The van der Waals surface area contributed by atoms with Crippen molar-refractivity contribution in [1.82, 2.24) is 4.81 Å². The van der Waals surface area contributed by atoms with Crippen LogP contribution in [-0.4, -0.2) is 41.7 Å². The van der Waals surface area contributed by atoms with E-state index >= 15 is 0 Å². The van der Waals surface area contributed by atoms with Crippen LogP contribution >= 0.6 is 47.8 Å². The highest BCUT2D eigenvalue weighted by molar-refractivity contribution is 14.1. The smallest absolute Gasteiger partial charge is 0.186 e. The van der Waals surface area contributed by atoms with Crippen LogP contribution in [-0.2, 0) is 0 Å². The lowest BCUT2D eigenvalue weighted by atomic mass is 9.78. The third-order valence-electron chi connectivity index (χ3n) is 2.32. The van der Waals surface area contributed by atoms with Crippen LogP contribution in [0.15, 0.2) is 0 Å². The lowest BCUT2D eigenvalue weighted by Crippen LogP contribution is -2.49. The lowest BCUT2D eigenvalue weighted by molar-refractivity contribution is 0.366. The van der Waals surface area contributed by atoms with E-state index in [1.54, 1.807) is 0 Å². The normalized spacial score (nSPS) is 47.5. The number of thiol groups is 2. The van der Waals surface area contributed by atoms with Crippen molar-refractivity contribution in [1.29, 1.82) is 0 Å². The maximum atomic E-state index is 4.54. The maximum absolute atomic E-state index is 4.54. The first kappa shape index (κ1) is 10.6. The molecule has 0 N–H and O–H groups in total. The molecular formula is C5H12B2INS2. The van der Waals surface area contributed by atoms with Gasteiger partial charge >= 0.3 is 0 Å². The second-order valence-corrected chi connectivity index (χ2v) is 5.85. The first-order chi connectivity index (χ1) is 5.04. The van der Waals surface area contributed by atoms with E-state index in [9.17, 15) is 0 Å². The number of nitrogens with zero attached hydrogens (tertiary/aromatic N) is 1. The molecule has 1 saturated heterocycles. The van der Waals surface area contributed by atoms with E-state index in [-0.39, 0.29) is 0 Å². The van der Waals surface area contributed by atoms with Gasteiger partial charge in [0.2, 0.25) is 0 Å². The molecule has 0 aromatic rings. The Kier molecular flexibility index (Phi) is 4.00. The van der Waals surface area contributed by atoms with Crippen molar-refractivity contribution >= 4 is 63.7 Å². The van der Waals surface area contributed by atoms with E-state index in [0.29, 0.717) is 20.4 Å². The highest BCUT2D eigenvalue weighted by atomic mass is 127. The van der Waals surface area contributed by atoms with Gasteiger partial charge in [0.1, 0.15) is 7.85 Å². The fourth-order valence-electron chi connectivity index (χ4n) is 1.30. The molecule has 0 bridgehead atoms. The molecule has 1 heterocycles. The van der Waals surface area contributed by atoms with Gasteiger partial charge in [-0.1, -0.05) is 22.6 Å². The van der Waals surface area contributed by atoms with E-state index in [0.717, 1.165) is 6.54 Å². The second-order valence-electron chi connectivity index (χ2n) is 3.22. The predicted molar refractivity (Wildman–Crippen MR) is 70.9 cm³/mol. The van der Waals surface area contributed by atoms with Gasteiger partial charge in [-0.15, -0.1) is 0 Å². The fraction of sp³-hybridized carbons (Fsp3) is 1.00. The summed E-state index contributed by atoms with van der Waals surface area (Å²) in [6, 6.07) is 0. The van der Waals surface area contributed by atoms with Crippen LogP contribution in [0.4, 0.5) is 0 Å². The molecule has 4 unspecified atom stereocenters. The summed E-state index contributed by atoms with van der Waals surface area (Å²) in [5, 5.41) is 0.902. The number of halogens is 1. The fourth-order valence-corrected chi connectivity index (χ4v) is 3.48. The van der Waals surface area contributed by atoms with E-state index in [2.05, 4.69) is 68.5 Å². The van der Waals surface area contributed by atoms with Crippen molar-refractivity contribution in [3.63, 3.8) is 0 Å². The van der Waals surface area contributed by atoms with Crippen LogP contribution in [0.3, 0.4) is 0 Å². The molecule has 0 aliphatic carbocycles. The Bertz CT molecular complexity index is 136. The molecule has 6 heteroatoms. The number of hydrogen-bond acceptors (Lipinski definition) is 3. The van der Waals surface area contributed by atoms with E-state index in [4.69, 9.17) is 0 Å². The van der Waals surface area contributed by atoms with Gasteiger partial charge in [-0.05, 0) is 12.4 Å². The molecule has 0 spiro atoms. The van der Waals surface area contributed by atoms with Gasteiger partial charge in [-0.2, -0.15) is 25.3 Å². The molecule has 1 aliphatic heterocycles. The summed E-state index contributed by atoms with van der Waals surface area (Å²) in [4.78, 5) is 2.26. The molecule has 0 amide bonds. The summed E-state index contributed by atoms with van der Waals surface area (Å²) in [6.07, 6.45) is 0. The molecule has 0 aromatic carbocycles. The van der Waals surface area contributed by atoms with E-state index in [1.165, 1.54) is 0 Å². The lowest BCUT2D eigenvalue weighted by Gasteiger charge is -2.41. The van der Waals surface area contributed by atoms with E-state index in [1.807, 2.05) is 0 Å². The van der Waals surface area contributed by atoms with Crippen LogP contribution in [0.1, 0.15) is 0 Å². The zero-order chi connectivity index (χ0) is 8.59. The molecule has 1 fully saturated rings. The second kappa shape index (κ2) is 4.15. The van der Waals surface area contributed by atoms with Crippen LogP contribution in [0, 0.1) is 0 Å². The van der Waals surface area contributed by atoms with Gasteiger partial charge in [-0.3, -0.25) is 0 Å². The minimum Gasteiger partial charge on any atom is -0.337 e. The first-order valence-electron chi connectivity index (χ1n) is 3.74. The summed E-state index contributed by atoms with van der Waals surface area (Å²) < 4.78 is 0.609. The van der Waals surface area contributed by atoms with Gasteiger partial charge in [0.05, 0.1) is 5.37 Å². The summed E-state index contributed by atoms with van der Waals surface area (Å²) >= 11 is 11.5. The number of hydrogen-bond donors (Lipinski definition) is 2. The van der Waals surface area contributed by atoms with Gasteiger partial charge in [0.25, 0.3) is 0 Å². The molecule has 11 heavy (non-hydrogen) atoms. The minimum atomic E-state index is 0.397. The maximum Gasteiger partial charge on any atom is 0.186 e. The predicted octanol–water partition coefficient (Wildman–Crippen LogP) is -0.370. The Morgan fingerprint density at radius 2 is 2.00 bits per heavy atom. The monoisotopic (exact) mass is 299 g/mol.